The fraction of sp³-hybridized carbons (Fsp3) is 0.857. The Kier molecular flexibility index (Phi) is 8.01. The minimum absolute atomic E-state index is 0.254. The first-order valence-corrected chi connectivity index (χ1v) is 7.00. The number of ether oxygens (including phenoxy) is 1. The fourth-order valence-corrected chi connectivity index (χ4v) is 2.11. The zero-order valence-corrected chi connectivity index (χ0v) is 10.7. The molecule has 0 bridgehead atoms. The third kappa shape index (κ3) is 6.76. The number of hydrogen-bond acceptors (Lipinski definition) is 2. The van der Waals surface area contributed by atoms with Gasteiger partial charge >= 0.3 is 0 Å². The van der Waals surface area contributed by atoms with E-state index in [-0.39, 0.29) is 6.23 Å². The van der Waals surface area contributed by atoms with Gasteiger partial charge in [0.1, 0.15) is 6.26 Å². The Morgan fingerprint density at radius 1 is 0.938 bits per heavy atom. The van der Waals surface area contributed by atoms with Crippen LogP contribution in [0.5, 0.6) is 0 Å². The second kappa shape index (κ2) is 9.56. The van der Waals surface area contributed by atoms with Crippen molar-refractivity contribution in [3.05, 3.63) is 12.5 Å². The van der Waals surface area contributed by atoms with Gasteiger partial charge in [-0.15, -0.1) is 0 Å². The molecule has 94 valence electrons. The molecule has 0 saturated carbocycles. The van der Waals surface area contributed by atoms with E-state index in [0.717, 1.165) is 6.42 Å². The monoisotopic (exact) mass is 225 g/mol. The van der Waals surface area contributed by atoms with Gasteiger partial charge in [-0.3, -0.25) is 0 Å². The topological polar surface area (TPSA) is 21.3 Å². The van der Waals surface area contributed by atoms with Gasteiger partial charge in [0, 0.05) is 12.6 Å². The van der Waals surface area contributed by atoms with Crippen LogP contribution in [-0.4, -0.2) is 6.23 Å². The van der Waals surface area contributed by atoms with Crippen LogP contribution in [0.1, 0.15) is 71.1 Å². The maximum absolute atomic E-state index is 5.33. The standard InChI is InChI=1S/C14H27NO/c1-2-3-4-5-6-7-8-9-10-11-14-15-12-13-16-14/h12-15H,2-11H2,1H3. The van der Waals surface area contributed by atoms with Crippen molar-refractivity contribution in [1.29, 1.82) is 0 Å². The van der Waals surface area contributed by atoms with Crippen molar-refractivity contribution >= 4 is 0 Å². The van der Waals surface area contributed by atoms with E-state index in [2.05, 4.69) is 12.2 Å². The van der Waals surface area contributed by atoms with Crippen molar-refractivity contribution in [1.82, 2.24) is 5.32 Å². The summed E-state index contributed by atoms with van der Waals surface area (Å²) in [4.78, 5) is 0. The van der Waals surface area contributed by atoms with Crippen LogP contribution in [0.4, 0.5) is 0 Å². The van der Waals surface area contributed by atoms with Crippen molar-refractivity contribution in [2.24, 2.45) is 0 Å². The normalized spacial score (nSPS) is 18.4. The molecule has 1 N–H and O–H groups in total. The highest BCUT2D eigenvalue weighted by Crippen LogP contribution is 2.12. The van der Waals surface area contributed by atoms with Crippen LogP contribution in [-0.2, 0) is 4.74 Å². The Hall–Kier alpha value is -0.660. The van der Waals surface area contributed by atoms with E-state index in [1.165, 1.54) is 57.8 Å². The van der Waals surface area contributed by atoms with E-state index in [1.54, 1.807) is 6.26 Å². The predicted molar refractivity (Wildman–Crippen MR) is 69.0 cm³/mol. The van der Waals surface area contributed by atoms with Gasteiger partial charge in [-0.05, 0) is 6.42 Å². The molecule has 0 aromatic rings. The van der Waals surface area contributed by atoms with Crippen LogP contribution < -0.4 is 5.32 Å². The number of unbranched alkanes of at least 4 members (excludes halogenated alkanes) is 8. The molecular formula is C14H27NO. The summed E-state index contributed by atoms with van der Waals surface area (Å²) in [5.41, 5.74) is 0. The average molecular weight is 225 g/mol. The highest BCUT2D eigenvalue weighted by Gasteiger charge is 2.08. The molecule has 16 heavy (non-hydrogen) atoms. The molecule has 1 atom stereocenters. The number of nitrogens with one attached hydrogen (secondary N) is 1. The lowest BCUT2D eigenvalue weighted by atomic mass is 10.1. The lowest BCUT2D eigenvalue weighted by molar-refractivity contribution is 0.139. The van der Waals surface area contributed by atoms with E-state index < -0.39 is 0 Å². The highest BCUT2D eigenvalue weighted by molar-refractivity contribution is 4.81. The summed E-state index contributed by atoms with van der Waals surface area (Å²) in [7, 11) is 0. The average Bonchev–Trinajstić information content (AvgIpc) is 2.80. The summed E-state index contributed by atoms with van der Waals surface area (Å²) >= 11 is 0. The largest absolute Gasteiger partial charge is 0.477 e. The van der Waals surface area contributed by atoms with Crippen molar-refractivity contribution in [2.75, 3.05) is 0 Å². The molecule has 0 aromatic heterocycles. The lowest BCUT2D eigenvalue weighted by Crippen LogP contribution is -2.20. The van der Waals surface area contributed by atoms with Gasteiger partial charge in [0.05, 0.1) is 0 Å². The smallest absolute Gasteiger partial charge is 0.168 e. The van der Waals surface area contributed by atoms with Crippen LogP contribution in [0, 0.1) is 0 Å². The van der Waals surface area contributed by atoms with Gasteiger partial charge in [-0.1, -0.05) is 58.3 Å². The fourth-order valence-electron chi connectivity index (χ4n) is 2.11. The highest BCUT2D eigenvalue weighted by atomic mass is 16.5. The van der Waals surface area contributed by atoms with E-state index in [4.69, 9.17) is 4.74 Å². The van der Waals surface area contributed by atoms with Crippen molar-refractivity contribution in [3.63, 3.8) is 0 Å². The molecule has 0 radical (unpaired) electrons. The van der Waals surface area contributed by atoms with Gasteiger partial charge in [0.15, 0.2) is 6.23 Å². The second-order valence-corrected chi connectivity index (χ2v) is 4.71. The van der Waals surface area contributed by atoms with Gasteiger partial charge in [-0.2, -0.15) is 0 Å². The lowest BCUT2D eigenvalue weighted by Gasteiger charge is -2.10. The SMILES string of the molecule is CCCCCCCCCCCC1NC=CO1. The van der Waals surface area contributed by atoms with Crippen LogP contribution >= 0.6 is 0 Å². The molecule has 0 fully saturated rings. The van der Waals surface area contributed by atoms with E-state index in [0.29, 0.717) is 0 Å². The Balaban J connectivity index is 1.71. The van der Waals surface area contributed by atoms with Crippen molar-refractivity contribution in [2.45, 2.75) is 77.4 Å². The molecule has 1 aliphatic rings. The second-order valence-electron chi connectivity index (χ2n) is 4.71. The molecule has 0 saturated heterocycles. The molecule has 0 aliphatic carbocycles. The molecule has 2 nitrogen and oxygen atoms in total. The van der Waals surface area contributed by atoms with Gasteiger partial charge < -0.3 is 10.1 Å². The minimum atomic E-state index is 0.254. The number of hydrogen-bond donors (Lipinski definition) is 1. The van der Waals surface area contributed by atoms with Gasteiger partial charge in [0.25, 0.3) is 0 Å². The Morgan fingerprint density at radius 2 is 1.56 bits per heavy atom. The molecule has 0 spiro atoms. The van der Waals surface area contributed by atoms with Crippen LogP contribution in [0.2, 0.25) is 0 Å². The van der Waals surface area contributed by atoms with Crippen LogP contribution in [0.15, 0.2) is 12.5 Å². The molecule has 1 unspecified atom stereocenters. The Labute approximate surface area is 100 Å². The molecule has 1 rings (SSSR count). The Morgan fingerprint density at radius 3 is 2.12 bits per heavy atom. The molecule has 1 heterocycles. The van der Waals surface area contributed by atoms with Crippen LogP contribution in [0.25, 0.3) is 0 Å². The molecule has 0 aromatic carbocycles. The first-order chi connectivity index (χ1) is 7.93. The van der Waals surface area contributed by atoms with Crippen molar-refractivity contribution < 1.29 is 4.74 Å². The van der Waals surface area contributed by atoms with Gasteiger partial charge in [-0.25, -0.2) is 0 Å². The first kappa shape index (κ1) is 13.4. The minimum Gasteiger partial charge on any atom is -0.477 e. The molecule has 2 heteroatoms. The van der Waals surface area contributed by atoms with E-state index in [1.807, 2.05) is 6.20 Å². The summed E-state index contributed by atoms with van der Waals surface area (Å²) < 4.78 is 5.33. The van der Waals surface area contributed by atoms with E-state index >= 15 is 0 Å². The molecular weight excluding hydrogens is 198 g/mol. The van der Waals surface area contributed by atoms with Crippen LogP contribution in [0.3, 0.4) is 0 Å². The molecule has 0 amide bonds. The summed E-state index contributed by atoms with van der Waals surface area (Å²) in [6.45, 7) is 2.27. The first-order valence-electron chi connectivity index (χ1n) is 7.00. The van der Waals surface area contributed by atoms with E-state index in [9.17, 15) is 0 Å². The summed E-state index contributed by atoms with van der Waals surface area (Å²) in [6.07, 6.45) is 17.5. The quantitative estimate of drug-likeness (QED) is 0.559. The zero-order chi connectivity index (χ0) is 11.5. The molecule has 1 aliphatic heterocycles. The third-order valence-corrected chi connectivity index (χ3v) is 3.16. The van der Waals surface area contributed by atoms with Gasteiger partial charge in [0.2, 0.25) is 0 Å². The Bertz CT molecular complexity index is 172. The zero-order valence-electron chi connectivity index (χ0n) is 10.7. The predicted octanol–water partition coefficient (Wildman–Crippen LogP) is 4.32. The summed E-state index contributed by atoms with van der Waals surface area (Å²) in [6, 6.07) is 0. The summed E-state index contributed by atoms with van der Waals surface area (Å²) in [5.74, 6) is 0. The third-order valence-electron chi connectivity index (χ3n) is 3.16. The number of rotatable bonds is 10. The maximum Gasteiger partial charge on any atom is 0.168 e. The van der Waals surface area contributed by atoms with Crippen molar-refractivity contribution in [3.8, 4) is 0 Å². The summed E-state index contributed by atoms with van der Waals surface area (Å²) in [5, 5.41) is 3.18. The maximum atomic E-state index is 5.33.